The molecule has 0 aliphatic carbocycles. The summed E-state index contributed by atoms with van der Waals surface area (Å²) in [6.07, 6.45) is 1.71. The summed E-state index contributed by atoms with van der Waals surface area (Å²) < 4.78 is 5.65. The number of benzene rings is 1. The van der Waals surface area contributed by atoms with Crippen molar-refractivity contribution in [1.29, 1.82) is 0 Å². The Hall–Kier alpha value is -1.26. The smallest absolute Gasteiger partial charge is 0.220 e. The summed E-state index contributed by atoms with van der Waals surface area (Å²) in [6, 6.07) is 7.35. The van der Waals surface area contributed by atoms with Gasteiger partial charge in [-0.1, -0.05) is 11.6 Å². The number of hydrogen-bond donors (Lipinski definition) is 1. The molecule has 2 rings (SSSR count). The Balaban J connectivity index is 1.67. The van der Waals surface area contributed by atoms with E-state index in [1.54, 1.807) is 0 Å². The maximum Gasteiger partial charge on any atom is 0.220 e. The number of carbonyl (C=O) groups is 1. The van der Waals surface area contributed by atoms with Gasteiger partial charge in [0.15, 0.2) is 0 Å². The predicted molar refractivity (Wildman–Crippen MR) is 75.3 cm³/mol. The molecule has 19 heavy (non-hydrogen) atoms. The largest absolute Gasteiger partial charge is 0.492 e. The lowest BCUT2D eigenvalue weighted by Gasteiger charge is -2.30. The third-order valence-electron chi connectivity index (χ3n) is 3.48. The van der Waals surface area contributed by atoms with Gasteiger partial charge in [-0.05, 0) is 50.2 Å². The Labute approximate surface area is 118 Å². The Kier molecular flexibility index (Phi) is 5.05. The van der Waals surface area contributed by atoms with Crippen molar-refractivity contribution in [3.05, 3.63) is 29.3 Å². The number of carbonyl (C=O) groups excluding carboxylic acids is 1. The van der Waals surface area contributed by atoms with Gasteiger partial charge in [-0.2, -0.15) is 0 Å². The molecule has 5 heteroatoms. The van der Waals surface area contributed by atoms with E-state index >= 15 is 0 Å². The van der Waals surface area contributed by atoms with Gasteiger partial charge in [-0.3, -0.25) is 9.69 Å². The topological polar surface area (TPSA) is 55.6 Å². The van der Waals surface area contributed by atoms with E-state index in [4.69, 9.17) is 22.1 Å². The molecule has 1 heterocycles. The highest BCUT2D eigenvalue weighted by Gasteiger charge is 2.22. The lowest BCUT2D eigenvalue weighted by Crippen LogP contribution is -2.40. The van der Waals surface area contributed by atoms with Gasteiger partial charge in [0.05, 0.1) is 0 Å². The zero-order valence-corrected chi connectivity index (χ0v) is 11.6. The van der Waals surface area contributed by atoms with Gasteiger partial charge in [-0.15, -0.1) is 0 Å². The number of amides is 1. The molecule has 104 valence electrons. The average molecular weight is 283 g/mol. The van der Waals surface area contributed by atoms with E-state index in [0.717, 1.165) is 38.2 Å². The first-order valence-corrected chi connectivity index (χ1v) is 6.93. The van der Waals surface area contributed by atoms with Gasteiger partial charge in [-0.25, -0.2) is 0 Å². The maximum absolute atomic E-state index is 11.1. The Morgan fingerprint density at radius 3 is 2.53 bits per heavy atom. The lowest BCUT2D eigenvalue weighted by atomic mass is 9.96. The van der Waals surface area contributed by atoms with Gasteiger partial charge < -0.3 is 10.5 Å². The summed E-state index contributed by atoms with van der Waals surface area (Å²) in [4.78, 5) is 13.4. The molecule has 0 spiro atoms. The molecule has 1 aliphatic heterocycles. The first kappa shape index (κ1) is 14.2. The molecule has 1 aromatic carbocycles. The Morgan fingerprint density at radius 2 is 1.95 bits per heavy atom. The number of nitrogens with zero attached hydrogens (tertiary/aromatic N) is 1. The van der Waals surface area contributed by atoms with Gasteiger partial charge in [0.25, 0.3) is 0 Å². The highest BCUT2D eigenvalue weighted by Crippen LogP contribution is 2.17. The SMILES string of the molecule is NC(=O)C1CCN(CCOc2ccc(Cl)cc2)CC1. The molecule has 0 bridgehead atoms. The van der Waals surface area contributed by atoms with E-state index in [9.17, 15) is 4.79 Å². The van der Waals surface area contributed by atoms with Crippen LogP contribution in [0.2, 0.25) is 5.02 Å². The van der Waals surface area contributed by atoms with E-state index in [1.165, 1.54) is 0 Å². The molecule has 0 unspecified atom stereocenters. The quantitative estimate of drug-likeness (QED) is 0.898. The number of halogens is 1. The van der Waals surface area contributed by atoms with E-state index in [-0.39, 0.29) is 11.8 Å². The van der Waals surface area contributed by atoms with Gasteiger partial charge >= 0.3 is 0 Å². The summed E-state index contributed by atoms with van der Waals surface area (Å²) in [5, 5.41) is 0.709. The van der Waals surface area contributed by atoms with Crippen LogP contribution >= 0.6 is 11.6 Å². The molecular formula is C14H19ClN2O2. The second-order valence-corrected chi connectivity index (χ2v) is 5.26. The fourth-order valence-electron chi connectivity index (χ4n) is 2.26. The second kappa shape index (κ2) is 6.78. The van der Waals surface area contributed by atoms with Crippen LogP contribution in [0.4, 0.5) is 0 Å². The number of likely N-dealkylation sites (tertiary alicyclic amines) is 1. The number of ether oxygens (including phenoxy) is 1. The third-order valence-corrected chi connectivity index (χ3v) is 3.73. The monoisotopic (exact) mass is 282 g/mol. The zero-order valence-electron chi connectivity index (χ0n) is 10.8. The minimum absolute atomic E-state index is 0.0495. The summed E-state index contributed by atoms with van der Waals surface area (Å²) in [5.41, 5.74) is 5.31. The first-order valence-electron chi connectivity index (χ1n) is 6.55. The first-order chi connectivity index (χ1) is 9.15. The number of piperidine rings is 1. The normalized spacial score (nSPS) is 17.3. The van der Waals surface area contributed by atoms with Gasteiger partial charge in [0.1, 0.15) is 12.4 Å². The van der Waals surface area contributed by atoms with E-state index in [1.807, 2.05) is 24.3 Å². The minimum Gasteiger partial charge on any atom is -0.492 e. The highest BCUT2D eigenvalue weighted by molar-refractivity contribution is 6.30. The molecule has 0 saturated carbocycles. The molecule has 1 aliphatic rings. The molecule has 2 N–H and O–H groups in total. The van der Waals surface area contributed by atoms with Crippen molar-refractivity contribution in [1.82, 2.24) is 4.90 Å². The molecule has 4 nitrogen and oxygen atoms in total. The Morgan fingerprint density at radius 1 is 1.32 bits per heavy atom. The van der Waals surface area contributed by atoms with Crippen LogP contribution in [-0.2, 0) is 4.79 Å². The molecule has 1 aromatic rings. The molecule has 0 atom stereocenters. The average Bonchev–Trinajstić information content (AvgIpc) is 2.41. The van der Waals surface area contributed by atoms with Crippen LogP contribution in [0.15, 0.2) is 24.3 Å². The van der Waals surface area contributed by atoms with E-state index < -0.39 is 0 Å². The molecule has 1 saturated heterocycles. The van der Waals surface area contributed by atoms with Crippen LogP contribution in [0.25, 0.3) is 0 Å². The van der Waals surface area contributed by atoms with Crippen LogP contribution in [-0.4, -0.2) is 37.0 Å². The van der Waals surface area contributed by atoms with Crippen LogP contribution in [0.3, 0.4) is 0 Å². The Bertz CT molecular complexity index is 414. The number of hydrogen-bond acceptors (Lipinski definition) is 3. The lowest BCUT2D eigenvalue weighted by molar-refractivity contribution is -0.123. The number of rotatable bonds is 5. The fourth-order valence-corrected chi connectivity index (χ4v) is 2.39. The summed E-state index contributed by atoms with van der Waals surface area (Å²) in [6.45, 7) is 3.34. The van der Waals surface area contributed by atoms with Gasteiger partial charge in [0.2, 0.25) is 5.91 Å². The standard InChI is InChI=1S/C14H19ClN2O2/c15-12-1-3-13(4-2-12)19-10-9-17-7-5-11(6-8-17)14(16)18/h1-4,11H,5-10H2,(H2,16,18). The minimum atomic E-state index is -0.169. The molecular weight excluding hydrogens is 264 g/mol. The van der Waals surface area contributed by atoms with Crippen LogP contribution < -0.4 is 10.5 Å². The van der Waals surface area contributed by atoms with Crippen LogP contribution in [0.1, 0.15) is 12.8 Å². The molecule has 0 radical (unpaired) electrons. The number of primary amides is 1. The van der Waals surface area contributed by atoms with Crippen molar-refractivity contribution in [2.75, 3.05) is 26.2 Å². The van der Waals surface area contributed by atoms with Crippen LogP contribution in [0, 0.1) is 5.92 Å². The zero-order chi connectivity index (χ0) is 13.7. The fraction of sp³-hybridized carbons (Fsp3) is 0.500. The van der Waals surface area contributed by atoms with E-state index in [2.05, 4.69) is 4.90 Å². The summed E-state index contributed by atoms with van der Waals surface area (Å²) >= 11 is 5.81. The van der Waals surface area contributed by atoms with Gasteiger partial charge in [0, 0.05) is 17.5 Å². The van der Waals surface area contributed by atoms with Crippen molar-refractivity contribution in [3.63, 3.8) is 0 Å². The molecule has 0 aromatic heterocycles. The highest BCUT2D eigenvalue weighted by atomic mass is 35.5. The summed E-state index contributed by atoms with van der Waals surface area (Å²) in [5.74, 6) is 0.710. The van der Waals surface area contributed by atoms with Crippen LogP contribution in [0.5, 0.6) is 5.75 Å². The predicted octanol–water partition coefficient (Wildman–Crippen LogP) is 1.92. The van der Waals surface area contributed by atoms with Crippen molar-refractivity contribution in [3.8, 4) is 5.75 Å². The van der Waals surface area contributed by atoms with E-state index in [0.29, 0.717) is 11.6 Å². The van der Waals surface area contributed by atoms with Crippen molar-refractivity contribution in [2.45, 2.75) is 12.8 Å². The maximum atomic E-state index is 11.1. The molecule has 1 fully saturated rings. The van der Waals surface area contributed by atoms with Crippen molar-refractivity contribution in [2.24, 2.45) is 11.7 Å². The number of nitrogens with two attached hydrogens (primary N) is 1. The molecule has 1 amide bonds. The summed E-state index contributed by atoms with van der Waals surface area (Å²) in [7, 11) is 0. The second-order valence-electron chi connectivity index (χ2n) is 4.82. The van der Waals surface area contributed by atoms with Crippen molar-refractivity contribution >= 4 is 17.5 Å². The van der Waals surface area contributed by atoms with Crippen molar-refractivity contribution < 1.29 is 9.53 Å². The third kappa shape index (κ3) is 4.40.